The van der Waals surface area contributed by atoms with E-state index in [-0.39, 0.29) is 6.04 Å². The minimum absolute atomic E-state index is 0.178. The van der Waals surface area contributed by atoms with Gasteiger partial charge < -0.3 is 9.73 Å². The van der Waals surface area contributed by atoms with E-state index in [1.807, 2.05) is 19.2 Å². The van der Waals surface area contributed by atoms with Crippen LogP contribution in [0.25, 0.3) is 0 Å². The van der Waals surface area contributed by atoms with E-state index in [0.717, 1.165) is 5.76 Å². The van der Waals surface area contributed by atoms with Crippen molar-refractivity contribution in [1.29, 1.82) is 0 Å². The Bertz CT molecular complexity index is 396. The lowest BCUT2D eigenvalue weighted by atomic mass is 10.2. The normalized spacial score (nSPS) is 13.0. The first-order valence-electron chi connectivity index (χ1n) is 4.26. The molecule has 0 saturated carbocycles. The van der Waals surface area contributed by atoms with Gasteiger partial charge in [0.2, 0.25) is 0 Å². The second-order valence-corrected chi connectivity index (χ2v) is 4.98. The van der Waals surface area contributed by atoms with E-state index in [1.54, 1.807) is 17.6 Å². The maximum absolute atomic E-state index is 5.41. The third-order valence-corrected chi connectivity index (χ3v) is 4.31. The molecule has 14 heavy (non-hydrogen) atoms. The number of hydrogen-bond acceptors (Lipinski definition) is 3. The van der Waals surface area contributed by atoms with Crippen LogP contribution < -0.4 is 5.32 Å². The Morgan fingerprint density at radius 3 is 2.86 bits per heavy atom. The lowest BCUT2D eigenvalue weighted by molar-refractivity contribution is 0.465. The maximum atomic E-state index is 5.41. The number of rotatable bonds is 3. The lowest BCUT2D eigenvalue weighted by Crippen LogP contribution is -2.16. The molecule has 0 amide bonds. The quantitative estimate of drug-likeness (QED) is 0.879. The summed E-state index contributed by atoms with van der Waals surface area (Å²) in [5.41, 5.74) is 0. The van der Waals surface area contributed by atoms with Crippen LogP contribution in [0.1, 0.15) is 16.7 Å². The monoisotopic (exact) mass is 319 g/mol. The summed E-state index contributed by atoms with van der Waals surface area (Å²) in [6.45, 7) is 0. The van der Waals surface area contributed by atoms with Crippen molar-refractivity contribution < 1.29 is 4.42 Å². The van der Waals surface area contributed by atoms with Gasteiger partial charge in [-0.1, -0.05) is 0 Å². The van der Waals surface area contributed by atoms with Crippen molar-refractivity contribution in [1.82, 2.24) is 5.32 Å². The van der Waals surface area contributed by atoms with Gasteiger partial charge in [0.25, 0.3) is 0 Å². The van der Waals surface area contributed by atoms with Crippen molar-refractivity contribution in [2.75, 3.05) is 7.05 Å². The van der Waals surface area contributed by atoms with Crippen molar-refractivity contribution in [2.45, 2.75) is 6.04 Å². The van der Waals surface area contributed by atoms with Crippen LogP contribution in [-0.2, 0) is 0 Å². The second-order valence-electron chi connectivity index (χ2n) is 2.87. The third-order valence-electron chi connectivity index (χ3n) is 2.02. The van der Waals surface area contributed by atoms with Crippen LogP contribution in [-0.4, -0.2) is 7.05 Å². The van der Waals surface area contributed by atoms with Crippen LogP contribution in [0.3, 0.4) is 0 Å². The number of hydrogen-bond donors (Lipinski definition) is 1. The Balaban J connectivity index is 2.36. The predicted octanol–water partition coefficient (Wildman–Crippen LogP) is 3.25. The summed E-state index contributed by atoms with van der Waals surface area (Å²) >= 11 is 4.10. The van der Waals surface area contributed by atoms with Crippen LogP contribution in [0.5, 0.6) is 0 Å². The highest BCUT2D eigenvalue weighted by molar-refractivity contribution is 14.1. The fourth-order valence-electron chi connectivity index (χ4n) is 1.37. The highest BCUT2D eigenvalue weighted by atomic mass is 127. The summed E-state index contributed by atoms with van der Waals surface area (Å²) in [6.07, 6.45) is 1.71. The smallest absolute Gasteiger partial charge is 0.126 e. The largest absolute Gasteiger partial charge is 0.467 e. The van der Waals surface area contributed by atoms with E-state index in [9.17, 15) is 0 Å². The SMILES string of the molecule is CNC(c1ccco1)c1sccc1I. The molecule has 0 aliphatic rings. The summed E-state index contributed by atoms with van der Waals surface area (Å²) in [4.78, 5) is 1.31. The van der Waals surface area contributed by atoms with Gasteiger partial charge in [0, 0.05) is 8.45 Å². The molecule has 0 radical (unpaired) electrons. The molecule has 2 aromatic heterocycles. The summed E-state index contributed by atoms with van der Waals surface area (Å²) < 4.78 is 6.69. The predicted molar refractivity (Wildman–Crippen MR) is 66.6 cm³/mol. The fraction of sp³-hybridized carbons (Fsp3) is 0.200. The first-order valence-corrected chi connectivity index (χ1v) is 6.22. The van der Waals surface area contributed by atoms with E-state index in [2.05, 4.69) is 39.4 Å². The fourth-order valence-corrected chi connectivity index (χ4v) is 3.39. The molecular formula is C10H10INOS. The Hall–Kier alpha value is -0.330. The van der Waals surface area contributed by atoms with Gasteiger partial charge in [-0.2, -0.15) is 0 Å². The molecule has 4 heteroatoms. The van der Waals surface area contributed by atoms with Gasteiger partial charge in [0.15, 0.2) is 0 Å². The zero-order valence-corrected chi connectivity index (χ0v) is 10.6. The summed E-state index contributed by atoms with van der Waals surface area (Å²) in [5, 5.41) is 5.36. The average Bonchev–Trinajstić information content (AvgIpc) is 2.80. The van der Waals surface area contributed by atoms with E-state index in [4.69, 9.17) is 4.42 Å². The number of furan rings is 1. The van der Waals surface area contributed by atoms with Crippen LogP contribution in [0.15, 0.2) is 34.3 Å². The summed E-state index contributed by atoms with van der Waals surface area (Å²) in [5.74, 6) is 0.966. The zero-order chi connectivity index (χ0) is 9.97. The Morgan fingerprint density at radius 2 is 2.36 bits per heavy atom. The van der Waals surface area contributed by atoms with Crippen molar-refractivity contribution >= 4 is 33.9 Å². The van der Waals surface area contributed by atoms with Gasteiger partial charge in [-0.25, -0.2) is 0 Å². The molecule has 1 atom stereocenters. The van der Waals surface area contributed by atoms with Crippen LogP contribution in [0.2, 0.25) is 0 Å². The van der Waals surface area contributed by atoms with Crippen LogP contribution in [0.4, 0.5) is 0 Å². The number of thiophene rings is 1. The van der Waals surface area contributed by atoms with Gasteiger partial charge in [-0.3, -0.25) is 0 Å². The molecule has 1 N–H and O–H groups in total. The Morgan fingerprint density at radius 1 is 1.50 bits per heavy atom. The lowest BCUT2D eigenvalue weighted by Gasteiger charge is -2.12. The molecule has 74 valence electrons. The van der Waals surface area contributed by atoms with Gasteiger partial charge in [-0.15, -0.1) is 11.3 Å². The molecule has 0 aliphatic heterocycles. The average molecular weight is 319 g/mol. The van der Waals surface area contributed by atoms with Gasteiger partial charge in [0.1, 0.15) is 11.8 Å². The number of halogens is 1. The first-order chi connectivity index (χ1) is 6.83. The zero-order valence-electron chi connectivity index (χ0n) is 7.66. The molecule has 0 aliphatic carbocycles. The highest BCUT2D eigenvalue weighted by Crippen LogP contribution is 2.30. The Labute approximate surface area is 100 Å². The third kappa shape index (κ3) is 1.87. The van der Waals surface area contributed by atoms with Crippen molar-refractivity contribution in [2.24, 2.45) is 0 Å². The molecule has 0 aromatic carbocycles. The molecule has 2 nitrogen and oxygen atoms in total. The van der Waals surface area contributed by atoms with Crippen LogP contribution in [0, 0.1) is 3.57 Å². The van der Waals surface area contributed by atoms with Crippen molar-refractivity contribution in [3.63, 3.8) is 0 Å². The molecule has 0 bridgehead atoms. The second kappa shape index (κ2) is 4.46. The van der Waals surface area contributed by atoms with Crippen LogP contribution >= 0.6 is 33.9 Å². The molecule has 0 fully saturated rings. The molecule has 2 rings (SSSR count). The molecule has 0 spiro atoms. The van der Waals surface area contributed by atoms with Crippen molar-refractivity contribution in [3.05, 3.63) is 44.0 Å². The molecule has 2 aromatic rings. The molecule has 1 unspecified atom stereocenters. The Kier molecular flexibility index (Phi) is 3.25. The topological polar surface area (TPSA) is 25.2 Å². The van der Waals surface area contributed by atoms with Gasteiger partial charge in [0.05, 0.1) is 6.26 Å². The first kappa shape index (κ1) is 10.2. The van der Waals surface area contributed by atoms with Gasteiger partial charge >= 0.3 is 0 Å². The van der Waals surface area contributed by atoms with Crippen molar-refractivity contribution in [3.8, 4) is 0 Å². The molecular weight excluding hydrogens is 309 g/mol. The highest BCUT2D eigenvalue weighted by Gasteiger charge is 2.18. The molecule has 2 heterocycles. The maximum Gasteiger partial charge on any atom is 0.126 e. The molecule has 0 saturated heterocycles. The minimum Gasteiger partial charge on any atom is -0.467 e. The summed E-state index contributed by atoms with van der Waals surface area (Å²) in [7, 11) is 1.95. The summed E-state index contributed by atoms with van der Waals surface area (Å²) in [6, 6.07) is 6.21. The van der Waals surface area contributed by atoms with Gasteiger partial charge in [-0.05, 0) is 53.2 Å². The van der Waals surface area contributed by atoms with E-state index >= 15 is 0 Å². The minimum atomic E-state index is 0.178. The van der Waals surface area contributed by atoms with E-state index in [0.29, 0.717) is 0 Å². The standard InChI is InChI=1S/C10H10INOS/c1-12-9(8-3-2-5-13-8)10-7(11)4-6-14-10/h2-6,9,12H,1H3. The van der Waals surface area contributed by atoms with E-state index in [1.165, 1.54) is 8.45 Å². The number of nitrogens with one attached hydrogen (secondary N) is 1. The van der Waals surface area contributed by atoms with E-state index < -0.39 is 0 Å².